The highest BCUT2D eigenvalue weighted by Gasteiger charge is 2.17. The molecule has 0 saturated carbocycles. The Hall–Kier alpha value is -2.35. The number of aromatic nitrogens is 4. The summed E-state index contributed by atoms with van der Waals surface area (Å²) in [5.74, 6) is -0.846. The van der Waals surface area contributed by atoms with Gasteiger partial charge in [0.15, 0.2) is 6.33 Å². The first-order chi connectivity index (χ1) is 8.34. The van der Waals surface area contributed by atoms with Gasteiger partial charge >= 0.3 is 11.9 Å². The molecule has 0 aliphatic carbocycles. The Morgan fingerprint density at radius 2 is 2.29 bits per heavy atom. The molecular formula is C9H4N4O3S. The first kappa shape index (κ1) is 9.85. The zero-order valence-electron chi connectivity index (χ0n) is 8.23. The molecule has 3 aromatic rings. The first-order valence-corrected chi connectivity index (χ1v) is 5.39. The number of carbonyl (C=O) groups is 1. The van der Waals surface area contributed by atoms with Gasteiger partial charge in [0.05, 0.1) is 10.2 Å². The van der Waals surface area contributed by atoms with Gasteiger partial charge in [-0.3, -0.25) is 0 Å². The number of fused-ring (bicyclic) bond motifs is 1. The fourth-order valence-corrected chi connectivity index (χ4v) is 1.90. The quantitative estimate of drug-likeness (QED) is 0.631. The molecule has 0 atom stereocenters. The van der Waals surface area contributed by atoms with Gasteiger partial charge in [-0.25, -0.2) is 14.8 Å². The lowest BCUT2D eigenvalue weighted by molar-refractivity contribution is 0.0677. The molecule has 3 rings (SSSR count). The average molecular weight is 248 g/mol. The van der Waals surface area contributed by atoms with Crippen LogP contribution >= 0.6 is 11.3 Å². The molecule has 0 radical (unpaired) electrons. The van der Waals surface area contributed by atoms with Crippen molar-refractivity contribution in [2.75, 3.05) is 0 Å². The van der Waals surface area contributed by atoms with Crippen molar-refractivity contribution >= 4 is 27.5 Å². The van der Waals surface area contributed by atoms with Gasteiger partial charge < -0.3 is 9.26 Å². The molecule has 7 nitrogen and oxygen atoms in total. The van der Waals surface area contributed by atoms with E-state index >= 15 is 0 Å². The number of ether oxygens (including phenoxy) is 1. The number of pyridine rings is 1. The Balaban J connectivity index is 1.95. The van der Waals surface area contributed by atoms with Crippen molar-refractivity contribution in [3.8, 4) is 5.88 Å². The lowest BCUT2D eigenvalue weighted by atomic mass is 10.4. The largest absolute Gasteiger partial charge is 0.404 e. The Kier molecular flexibility index (Phi) is 2.26. The summed E-state index contributed by atoms with van der Waals surface area (Å²) in [6, 6.07) is 1.79. The predicted molar refractivity (Wildman–Crippen MR) is 56.7 cm³/mol. The third-order valence-electron chi connectivity index (χ3n) is 1.94. The highest BCUT2D eigenvalue weighted by Crippen LogP contribution is 2.24. The van der Waals surface area contributed by atoms with Crippen LogP contribution in [-0.4, -0.2) is 26.1 Å². The van der Waals surface area contributed by atoms with Gasteiger partial charge in [-0.1, -0.05) is 5.16 Å². The SMILES string of the molecule is O=C(Oc1nccc2scnc12)c1ncno1. The maximum atomic E-state index is 11.6. The predicted octanol–water partition coefficient (Wildman–Crippen LogP) is 1.29. The molecule has 0 unspecified atom stereocenters. The van der Waals surface area contributed by atoms with E-state index in [9.17, 15) is 4.79 Å². The van der Waals surface area contributed by atoms with Crippen molar-refractivity contribution in [1.29, 1.82) is 0 Å². The second-order valence-corrected chi connectivity index (χ2v) is 3.84. The van der Waals surface area contributed by atoms with E-state index in [1.54, 1.807) is 11.6 Å². The van der Waals surface area contributed by atoms with Crippen LogP contribution in [0, 0.1) is 0 Å². The van der Waals surface area contributed by atoms with Crippen LogP contribution in [0.15, 0.2) is 28.6 Å². The molecule has 0 aliphatic rings. The van der Waals surface area contributed by atoms with Crippen molar-refractivity contribution in [3.63, 3.8) is 0 Å². The summed E-state index contributed by atoms with van der Waals surface area (Å²) < 4.78 is 10.5. The van der Waals surface area contributed by atoms with Crippen molar-refractivity contribution in [1.82, 2.24) is 20.1 Å². The topological polar surface area (TPSA) is 91.0 Å². The van der Waals surface area contributed by atoms with Crippen LogP contribution < -0.4 is 4.74 Å². The molecule has 8 heteroatoms. The summed E-state index contributed by atoms with van der Waals surface area (Å²) in [7, 11) is 0. The molecule has 3 heterocycles. The van der Waals surface area contributed by atoms with Crippen molar-refractivity contribution in [2.45, 2.75) is 0 Å². The smallest absolute Gasteiger partial charge is 0.398 e. The maximum absolute atomic E-state index is 11.6. The molecule has 0 N–H and O–H groups in total. The number of rotatable bonds is 2. The number of carbonyl (C=O) groups excluding carboxylic acids is 1. The van der Waals surface area contributed by atoms with E-state index in [0.29, 0.717) is 5.52 Å². The number of esters is 1. The molecule has 17 heavy (non-hydrogen) atoms. The Morgan fingerprint density at radius 1 is 1.35 bits per heavy atom. The summed E-state index contributed by atoms with van der Waals surface area (Å²) in [4.78, 5) is 23.1. The van der Waals surface area contributed by atoms with Gasteiger partial charge in [0.25, 0.3) is 5.88 Å². The zero-order chi connectivity index (χ0) is 11.7. The minimum atomic E-state index is -0.754. The standard InChI is InChI=1S/C9H4N4O3S/c14-9(8-11-3-13-16-8)15-7-6-5(1-2-10-7)17-4-12-6/h1-4H. The number of hydrogen-bond donors (Lipinski definition) is 0. The van der Waals surface area contributed by atoms with Crippen LogP contribution in [0.5, 0.6) is 5.88 Å². The highest BCUT2D eigenvalue weighted by molar-refractivity contribution is 7.16. The Morgan fingerprint density at radius 3 is 3.12 bits per heavy atom. The minimum Gasteiger partial charge on any atom is -0.398 e. The van der Waals surface area contributed by atoms with Gasteiger partial charge in [0.2, 0.25) is 0 Å². The molecule has 0 aliphatic heterocycles. The van der Waals surface area contributed by atoms with E-state index in [0.717, 1.165) is 11.0 Å². The van der Waals surface area contributed by atoms with E-state index in [1.807, 2.05) is 0 Å². The van der Waals surface area contributed by atoms with E-state index in [-0.39, 0.29) is 11.8 Å². The van der Waals surface area contributed by atoms with Crippen LogP contribution in [0.25, 0.3) is 10.2 Å². The summed E-state index contributed by atoms with van der Waals surface area (Å²) in [5.41, 5.74) is 2.18. The maximum Gasteiger partial charge on any atom is 0.404 e. The molecule has 0 fully saturated rings. The fourth-order valence-electron chi connectivity index (χ4n) is 1.24. The molecule has 84 valence electrons. The monoisotopic (exact) mass is 248 g/mol. The second kappa shape index (κ2) is 3.91. The van der Waals surface area contributed by atoms with E-state index in [1.165, 1.54) is 17.5 Å². The van der Waals surface area contributed by atoms with E-state index < -0.39 is 5.97 Å². The van der Waals surface area contributed by atoms with Gasteiger partial charge in [-0.2, -0.15) is 4.98 Å². The van der Waals surface area contributed by atoms with Crippen LogP contribution in [0.1, 0.15) is 10.7 Å². The third-order valence-corrected chi connectivity index (χ3v) is 2.73. The normalized spacial score (nSPS) is 10.6. The summed E-state index contributed by atoms with van der Waals surface area (Å²) >= 11 is 1.43. The summed E-state index contributed by atoms with van der Waals surface area (Å²) in [5, 5.41) is 3.32. The zero-order valence-corrected chi connectivity index (χ0v) is 9.05. The minimum absolute atomic E-state index is 0.131. The summed E-state index contributed by atoms with van der Waals surface area (Å²) in [6.45, 7) is 0. The lowest BCUT2D eigenvalue weighted by Gasteiger charge is -1.99. The van der Waals surface area contributed by atoms with Gasteiger partial charge in [-0.15, -0.1) is 11.3 Å². The third kappa shape index (κ3) is 1.74. The average Bonchev–Trinajstić information content (AvgIpc) is 3.00. The lowest BCUT2D eigenvalue weighted by Crippen LogP contribution is -2.10. The highest BCUT2D eigenvalue weighted by atomic mass is 32.1. The molecule has 0 spiro atoms. The molecule has 0 aromatic carbocycles. The fraction of sp³-hybridized carbons (Fsp3) is 0. The van der Waals surface area contributed by atoms with Gasteiger partial charge in [0, 0.05) is 6.20 Å². The van der Waals surface area contributed by atoms with Crippen molar-refractivity contribution < 1.29 is 14.1 Å². The van der Waals surface area contributed by atoms with Crippen molar-refractivity contribution in [3.05, 3.63) is 30.0 Å². The number of hydrogen-bond acceptors (Lipinski definition) is 8. The molecule has 0 amide bonds. The Labute approximate surface area is 98.1 Å². The van der Waals surface area contributed by atoms with E-state index in [4.69, 9.17) is 4.74 Å². The molecular weight excluding hydrogens is 244 g/mol. The van der Waals surface area contributed by atoms with Crippen LogP contribution in [0.2, 0.25) is 0 Å². The second-order valence-electron chi connectivity index (χ2n) is 2.95. The summed E-state index contributed by atoms with van der Waals surface area (Å²) in [6.07, 6.45) is 2.66. The molecule has 3 aromatic heterocycles. The first-order valence-electron chi connectivity index (χ1n) is 4.51. The molecule has 0 saturated heterocycles. The van der Waals surface area contributed by atoms with Gasteiger partial charge in [0.1, 0.15) is 5.52 Å². The van der Waals surface area contributed by atoms with E-state index in [2.05, 4.69) is 24.6 Å². The molecule has 0 bridgehead atoms. The van der Waals surface area contributed by atoms with Gasteiger partial charge in [-0.05, 0) is 6.07 Å². The number of thiazole rings is 1. The van der Waals surface area contributed by atoms with Crippen molar-refractivity contribution in [2.24, 2.45) is 0 Å². The van der Waals surface area contributed by atoms with Crippen LogP contribution in [-0.2, 0) is 0 Å². The Bertz CT molecular complexity index is 664. The number of nitrogens with zero attached hydrogens (tertiary/aromatic N) is 4. The van der Waals surface area contributed by atoms with Crippen LogP contribution in [0.4, 0.5) is 0 Å². The van der Waals surface area contributed by atoms with Crippen LogP contribution in [0.3, 0.4) is 0 Å².